The van der Waals surface area contributed by atoms with Crippen LogP contribution in [0.25, 0.3) is 0 Å². The normalized spacial score (nSPS) is 16.3. The fourth-order valence-corrected chi connectivity index (χ4v) is 1.94. The molecule has 0 unspecified atom stereocenters. The number of anilines is 2. The van der Waals surface area contributed by atoms with Gasteiger partial charge < -0.3 is 15.8 Å². The van der Waals surface area contributed by atoms with E-state index in [2.05, 4.69) is 10.2 Å². The van der Waals surface area contributed by atoms with Crippen molar-refractivity contribution in [1.29, 1.82) is 0 Å². The molecule has 1 amide bonds. The molecule has 1 aliphatic heterocycles. The van der Waals surface area contributed by atoms with Crippen molar-refractivity contribution < 1.29 is 13.9 Å². The molecule has 3 N–H and O–H groups in total. The van der Waals surface area contributed by atoms with E-state index in [1.807, 2.05) is 0 Å². The fraction of sp³-hybridized carbons (Fsp3) is 0.462. The van der Waals surface area contributed by atoms with Crippen molar-refractivity contribution in [2.45, 2.75) is 6.42 Å². The average molecular weight is 267 g/mol. The third-order valence-electron chi connectivity index (χ3n) is 3.05. The van der Waals surface area contributed by atoms with E-state index < -0.39 is 5.82 Å². The van der Waals surface area contributed by atoms with Crippen LogP contribution in [0.15, 0.2) is 18.2 Å². The predicted octanol–water partition coefficient (Wildman–Crippen LogP) is 1.07. The molecule has 6 heteroatoms. The first-order valence-electron chi connectivity index (χ1n) is 6.30. The van der Waals surface area contributed by atoms with Crippen LogP contribution in [0.5, 0.6) is 0 Å². The molecule has 1 aromatic rings. The van der Waals surface area contributed by atoms with Gasteiger partial charge in [0.1, 0.15) is 5.82 Å². The molecule has 0 radical (unpaired) electrons. The molecular formula is C13H18FN3O2. The lowest BCUT2D eigenvalue weighted by atomic mass is 10.2. The van der Waals surface area contributed by atoms with Crippen molar-refractivity contribution in [3.63, 3.8) is 0 Å². The Kier molecular flexibility index (Phi) is 4.70. The number of carbonyl (C=O) groups excluding carboxylic acids is 1. The van der Waals surface area contributed by atoms with Gasteiger partial charge in [-0.3, -0.25) is 9.69 Å². The number of nitrogens with one attached hydrogen (secondary N) is 1. The maximum Gasteiger partial charge on any atom is 0.225 e. The highest BCUT2D eigenvalue weighted by atomic mass is 19.1. The number of carbonyl (C=O) groups is 1. The summed E-state index contributed by atoms with van der Waals surface area (Å²) < 4.78 is 18.1. The van der Waals surface area contributed by atoms with Gasteiger partial charge in [-0.25, -0.2) is 4.39 Å². The zero-order valence-corrected chi connectivity index (χ0v) is 10.7. The van der Waals surface area contributed by atoms with Crippen LogP contribution in [0, 0.1) is 5.82 Å². The first-order chi connectivity index (χ1) is 9.15. The second-order valence-electron chi connectivity index (χ2n) is 4.48. The van der Waals surface area contributed by atoms with E-state index in [4.69, 9.17) is 10.5 Å². The van der Waals surface area contributed by atoms with Gasteiger partial charge in [-0.05, 0) is 18.2 Å². The largest absolute Gasteiger partial charge is 0.397 e. The Morgan fingerprint density at radius 2 is 2.16 bits per heavy atom. The van der Waals surface area contributed by atoms with E-state index in [1.165, 1.54) is 18.2 Å². The topological polar surface area (TPSA) is 67.6 Å². The lowest BCUT2D eigenvalue weighted by Crippen LogP contribution is -2.38. The third-order valence-corrected chi connectivity index (χ3v) is 3.05. The quantitative estimate of drug-likeness (QED) is 0.801. The van der Waals surface area contributed by atoms with Gasteiger partial charge in [-0.2, -0.15) is 0 Å². The van der Waals surface area contributed by atoms with E-state index in [0.717, 1.165) is 13.1 Å². The zero-order chi connectivity index (χ0) is 13.7. The molecule has 1 fully saturated rings. The van der Waals surface area contributed by atoms with Crippen LogP contribution < -0.4 is 11.1 Å². The van der Waals surface area contributed by atoms with Gasteiger partial charge in [0.15, 0.2) is 0 Å². The molecule has 1 heterocycles. The molecule has 0 saturated carbocycles. The summed E-state index contributed by atoms with van der Waals surface area (Å²) in [4.78, 5) is 14.0. The van der Waals surface area contributed by atoms with Crippen molar-refractivity contribution in [2.75, 3.05) is 43.9 Å². The number of ether oxygens (including phenoxy) is 1. The van der Waals surface area contributed by atoms with E-state index >= 15 is 0 Å². The highest BCUT2D eigenvalue weighted by molar-refractivity contribution is 5.93. The SMILES string of the molecule is Nc1cc(F)ccc1NC(=O)CCN1CCOCC1. The lowest BCUT2D eigenvalue weighted by Gasteiger charge is -2.26. The van der Waals surface area contributed by atoms with Crippen LogP contribution in [-0.2, 0) is 9.53 Å². The lowest BCUT2D eigenvalue weighted by molar-refractivity contribution is -0.116. The van der Waals surface area contributed by atoms with Gasteiger partial charge in [-0.15, -0.1) is 0 Å². The maximum atomic E-state index is 12.9. The van der Waals surface area contributed by atoms with Gasteiger partial charge in [0.2, 0.25) is 5.91 Å². The minimum Gasteiger partial charge on any atom is -0.397 e. The van der Waals surface area contributed by atoms with Gasteiger partial charge in [0, 0.05) is 26.1 Å². The molecule has 0 bridgehead atoms. The first-order valence-corrected chi connectivity index (χ1v) is 6.30. The van der Waals surface area contributed by atoms with Crippen LogP contribution in [0.2, 0.25) is 0 Å². The molecule has 19 heavy (non-hydrogen) atoms. The number of rotatable bonds is 4. The van der Waals surface area contributed by atoms with Crippen molar-refractivity contribution >= 4 is 17.3 Å². The number of hydrogen-bond donors (Lipinski definition) is 2. The molecule has 1 aromatic carbocycles. The number of hydrogen-bond acceptors (Lipinski definition) is 4. The van der Waals surface area contributed by atoms with E-state index in [-0.39, 0.29) is 11.6 Å². The molecule has 2 rings (SSSR count). The summed E-state index contributed by atoms with van der Waals surface area (Å²) in [5.41, 5.74) is 6.32. The van der Waals surface area contributed by atoms with Crippen molar-refractivity contribution in [1.82, 2.24) is 4.90 Å². The summed E-state index contributed by atoms with van der Waals surface area (Å²) >= 11 is 0. The molecule has 1 saturated heterocycles. The molecule has 0 aromatic heterocycles. The Balaban J connectivity index is 1.80. The first kappa shape index (κ1) is 13.8. The smallest absolute Gasteiger partial charge is 0.225 e. The van der Waals surface area contributed by atoms with Gasteiger partial charge in [-0.1, -0.05) is 0 Å². The van der Waals surface area contributed by atoms with Crippen molar-refractivity contribution in [3.8, 4) is 0 Å². The number of morpholine rings is 1. The summed E-state index contributed by atoms with van der Waals surface area (Å²) in [5.74, 6) is -0.534. The Bertz CT molecular complexity index is 448. The molecule has 0 atom stereocenters. The standard InChI is InChI=1S/C13H18FN3O2/c14-10-1-2-12(11(15)9-10)16-13(18)3-4-17-5-7-19-8-6-17/h1-2,9H,3-8,15H2,(H,16,18). The summed E-state index contributed by atoms with van der Waals surface area (Å²) in [5, 5.41) is 2.69. The summed E-state index contributed by atoms with van der Waals surface area (Å²) in [6.45, 7) is 3.83. The fourth-order valence-electron chi connectivity index (χ4n) is 1.94. The Labute approximate surface area is 111 Å². The summed E-state index contributed by atoms with van der Waals surface area (Å²) in [6, 6.07) is 3.93. The summed E-state index contributed by atoms with van der Waals surface area (Å²) in [7, 11) is 0. The molecule has 0 spiro atoms. The van der Waals surface area contributed by atoms with E-state index in [9.17, 15) is 9.18 Å². The number of benzene rings is 1. The van der Waals surface area contributed by atoms with E-state index in [1.54, 1.807) is 0 Å². The third kappa shape index (κ3) is 4.18. The number of nitrogen functional groups attached to an aromatic ring is 1. The maximum absolute atomic E-state index is 12.9. The van der Waals surface area contributed by atoms with Gasteiger partial charge in [0.25, 0.3) is 0 Å². The molecular weight excluding hydrogens is 249 g/mol. The van der Waals surface area contributed by atoms with E-state index in [0.29, 0.717) is 31.9 Å². The minimum absolute atomic E-state index is 0.121. The zero-order valence-electron chi connectivity index (χ0n) is 10.7. The highest BCUT2D eigenvalue weighted by Crippen LogP contribution is 2.19. The molecule has 1 aliphatic rings. The Morgan fingerprint density at radius 3 is 2.84 bits per heavy atom. The Morgan fingerprint density at radius 1 is 1.42 bits per heavy atom. The van der Waals surface area contributed by atoms with Crippen LogP contribution in [0.3, 0.4) is 0 Å². The number of halogens is 1. The van der Waals surface area contributed by atoms with Crippen LogP contribution in [-0.4, -0.2) is 43.7 Å². The second kappa shape index (κ2) is 6.49. The number of amides is 1. The predicted molar refractivity (Wildman–Crippen MR) is 71.3 cm³/mol. The summed E-state index contributed by atoms with van der Waals surface area (Å²) in [6.07, 6.45) is 0.386. The molecule has 104 valence electrons. The average Bonchev–Trinajstić information content (AvgIpc) is 2.41. The van der Waals surface area contributed by atoms with Crippen molar-refractivity contribution in [3.05, 3.63) is 24.0 Å². The van der Waals surface area contributed by atoms with Crippen LogP contribution in [0.4, 0.5) is 15.8 Å². The Hall–Kier alpha value is -1.66. The number of nitrogens with two attached hydrogens (primary N) is 1. The van der Waals surface area contributed by atoms with Gasteiger partial charge >= 0.3 is 0 Å². The molecule has 5 nitrogen and oxygen atoms in total. The minimum atomic E-state index is -0.413. The highest BCUT2D eigenvalue weighted by Gasteiger charge is 2.12. The van der Waals surface area contributed by atoms with Crippen LogP contribution in [0.1, 0.15) is 6.42 Å². The molecule has 0 aliphatic carbocycles. The monoisotopic (exact) mass is 267 g/mol. The number of nitrogens with zero attached hydrogens (tertiary/aromatic N) is 1. The van der Waals surface area contributed by atoms with Crippen molar-refractivity contribution in [2.24, 2.45) is 0 Å². The van der Waals surface area contributed by atoms with Crippen LogP contribution >= 0.6 is 0 Å². The van der Waals surface area contributed by atoms with Gasteiger partial charge in [0.05, 0.1) is 24.6 Å². The second-order valence-corrected chi connectivity index (χ2v) is 4.48.